The highest BCUT2D eigenvalue weighted by Crippen LogP contribution is 2.35. The molecule has 0 spiro atoms. The lowest BCUT2D eigenvalue weighted by molar-refractivity contribution is -0.136. The van der Waals surface area contributed by atoms with E-state index in [9.17, 15) is 4.79 Å². The van der Waals surface area contributed by atoms with Gasteiger partial charge >= 0.3 is 5.97 Å². The fourth-order valence-corrected chi connectivity index (χ4v) is 3.72. The lowest BCUT2D eigenvalue weighted by Gasteiger charge is -2.38. The number of carbonyl (C=O) groups is 1. The minimum absolute atomic E-state index is 0.419. The summed E-state index contributed by atoms with van der Waals surface area (Å²) >= 11 is 5.67. The molecule has 3 rings (SSSR count). The predicted octanol–water partition coefficient (Wildman–Crippen LogP) is 4.06. The van der Waals surface area contributed by atoms with Crippen LogP contribution in [0.25, 0.3) is 0 Å². The monoisotopic (exact) mass is 391 g/mol. The first-order valence-electron chi connectivity index (χ1n) is 8.84. The number of nitrogens with zero attached hydrogens (tertiary/aromatic N) is 2. The van der Waals surface area contributed by atoms with Gasteiger partial charge in [-0.1, -0.05) is 24.3 Å². The Bertz CT molecular complexity index is 1020. The molecule has 1 aliphatic rings. The van der Waals surface area contributed by atoms with Gasteiger partial charge in [0.15, 0.2) is 5.11 Å². The SMILES string of the molecule is COC(=O)C1=C(C)N(c2cc(C)ccc2C)C(=S)N[C@H]1c1ccc(C#N)cc1. The van der Waals surface area contributed by atoms with E-state index in [1.54, 1.807) is 12.1 Å². The Morgan fingerprint density at radius 2 is 1.86 bits per heavy atom. The van der Waals surface area contributed by atoms with Crippen LogP contribution in [0.15, 0.2) is 53.7 Å². The van der Waals surface area contributed by atoms with Crippen LogP contribution in [0, 0.1) is 25.2 Å². The van der Waals surface area contributed by atoms with E-state index in [0.717, 1.165) is 28.1 Å². The van der Waals surface area contributed by atoms with Crippen LogP contribution in [-0.4, -0.2) is 18.2 Å². The van der Waals surface area contributed by atoms with Crippen LogP contribution in [-0.2, 0) is 9.53 Å². The smallest absolute Gasteiger partial charge is 0.337 e. The maximum absolute atomic E-state index is 12.7. The van der Waals surface area contributed by atoms with E-state index in [0.29, 0.717) is 16.2 Å². The molecule has 28 heavy (non-hydrogen) atoms. The fraction of sp³-hybridized carbons (Fsp3) is 0.227. The number of nitriles is 1. The molecule has 1 N–H and O–H groups in total. The van der Waals surface area contributed by atoms with Gasteiger partial charge in [-0.05, 0) is 67.9 Å². The Morgan fingerprint density at radius 1 is 1.18 bits per heavy atom. The number of thiocarbonyl (C=S) groups is 1. The van der Waals surface area contributed by atoms with Gasteiger partial charge in [-0.25, -0.2) is 4.79 Å². The summed E-state index contributed by atoms with van der Waals surface area (Å²) in [5.41, 5.74) is 5.68. The number of rotatable bonds is 3. The summed E-state index contributed by atoms with van der Waals surface area (Å²) in [5, 5.41) is 12.8. The van der Waals surface area contributed by atoms with Crippen molar-refractivity contribution in [2.24, 2.45) is 0 Å². The number of benzene rings is 2. The van der Waals surface area contributed by atoms with Gasteiger partial charge < -0.3 is 10.1 Å². The lowest BCUT2D eigenvalue weighted by atomic mass is 9.94. The maximum Gasteiger partial charge on any atom is 0.337 e. The highest BCUT2D eigenvalue weighted by Gasteiger charge is 2.35. The molecule has 0 amide bonds. The first kappa shape index (κ1) is 19.6. The van der Waals surface area contributed by atoms with Gasteiger partial charge in [0.2, 0.25) is 0 Å². The van der Waals surface area contributed by atoms with Crippen molar-refractivity contribution in [3.8, 4) is 6.07 Å². The second-order valence-corrected chi connectivity index (χ2v) is 7.12. The fourth-order valence-electron chi connectivity index (χ4n) is 3.37. The molecule has 0 aromatic heterocycles. The molecule has 2 aromatic rings. The van der Waals surface area contributed by atoms with Crippen LogP contribution in [0.4, 0.5) is 5.69 Å². The quantitative estimate of drug-likeness (QED) is 0.629. The minimum atomic E-state index is -0.450. The van der Waals surface area contributed by atoms with Crippen molar-refractivity contribution in [3.63, 3.8) is 0 Å². The van der Waals surface area contributed by atoms with Gasteiger partial charge in [-0.15, -0.1) is 0 Å². The van der Waals surface area contributed by atoms with E-state index < -0.39 is 12.0 Å². The first-order chi connectivity index (χ1) is 13.4. The molecule has 1 heterocycles. The average Bonchev–Trinajstić information content (AvgIpc) is 2.69. The topological polar surface area (TPSA) is 65.4 Å². The molecule has 0 radical (unpaired) electrons. The Morgan fingerprint density at radius 3 is 2.46 bits per heavy atom. The van der Waals surface area contributed by atoms with Crippen LogP contribution in [0.5, 0.6) is 0 Å². The summed E-state index contributed by atoms with van der Waals surface area (Å²) < 4.78 is 5.07. The number of carbonyl (C=O) groups excluding carboxylic acids is 1. The molecule has 0 unspecified atom stereocenters. The van der Waals surface area contributed by atoms with Crippen molar-refractivity contribution in [2.75, 3.05) is 12.0 Å². The number of methoxy groups -OCH3 is 1. The number of esters is 1. The van der Waals surface area contributed by atoms with Crippen molar-refractivity contribution in [3.05, 3.63) is 76.0 Å². The number of allylic oxidation sites excluding steroid dienone is 1. The zero-order valence-corrected chi connectivity index (χ0v) is 17.1. The van der Waals surface area contributed by atoms with E-state index in [1.807, 2.05) is 56.0 Å². The van der Waals surface area contributed by atoms with E-state index >= 15 is 0 Å². The number of anilines is 1. The van der Waals surface area contributed by atoms with E-state index in [1.165, 1.54) is 7.11 Å². The molecule has 0 saturated heterocycles. The number of nitrogens with one attached hydrogen (secondary N) is 1. The van der Waals surface area contributed by atoms with Crippen LogP contribution < -0.4 is 10.2 Å². The van der Waals surface area contributed by atoms with Crippen molar-refractivity contribution in [1.82, 2.24) is 5.32 Å². The zero-order valence-electron chi connectivity index (χ0n) is 16.2. The molecule has 142 valence electrons. The number of hydrogen-bond donors (Lipinski definition) is 1. The average molecular weight is 391 g/mol. The molecule has 5 nitrogen and oxygen atoms in total. The second-order valence-electron chi connectivity index (χ2n) is 6.73. The molecule has 1 aliphatic heterocycles. The second kappa shape index (κ2) is 7.83. The Kier molecular flexibility index (Phi) is 5.48. The van der Waals surface area contributed by atoms with Crippen LogP contribution in [0.1, 0.15) is 35.2 Å². The molecule has 1 atom stereocenters. The molecule has 0 aliphatic carbocycles. The lowest BCUT2D eigenvalue weighted by Crippen LogP contribution is -2.48. The third-order valence-corrected chi connectivity index (χ3v) is 5.17. The van der Waals surface area contributed by atoms with Gasteiger partial charge in [-0.3, -0.25) is 4.90 Å². The largest absolute Gasteiger partial charge is 0.466 e. The summed E-state index contributed by atoms with van der Waals surface area (Å²) in [4.78, 5) is 14.6. The highest BCUT2D eigenvalue weighted by atomic mass is 32.1. The molecule has 0 fully saturated rings. The number of hydrogen-bond acceptors (Lipinski definition) is 4. The van der Waals surface area contributed by atoms with Crippen molar-refractivity contribution in [1.29, 1.82) is 5.26 Å². The van der Waals surface area contributed by atoms with Gasteiger partial charge in [-0.2, -0.15) is 5.26 Å². The molecule has 2 aromatic carbocycles. The van der Waals surface area contributed by atoms with E-state index in [-0.39, 0.29) is 0 Å². The molecule has 6 heteroatoms. The summed E-state index contributed by atoms with van der Waals surface area (Å²) in [5.74, 6) is -0.419. The maximum atomic E-state index is 12.7. The normalized spacial score (nSPS) is 16.5. The van der Waals surface area contributed by atoms with Crippen molar-refractivity contribution < 1.29 is 9.53 Å². The molecular weight excluding hydrogens is 370 g/mol. The summed E-state index contributed by atoms with van der Waals surface area (Å²) in [7, 11) is 1.37. The first-order valence-corrected chi connectivity index (χ1v) is 9.25. The minimum Gasteiger partial charge on any atom is -0.466 e. The van der Waals surface area contributed by atoms with Gasteiger partial charge in [0.1, 0.15) is 0 Å². The Labute approximate surface area is 170 Å². The zero-order chi connectivity index (χ0) is 20.4. The molecule has 0 bridgehead atoms. The Hall–Kier alpha value is -3.17. The van der Waals surface area contributed by atoms with E-state index in [4.69, 9.17) is 22.2 Å². The van der Waals surface area contributed by atoms with E-state index in [2.05, 4.69) is 11.4 Å². The van der Waals surface area contributed by atoms with Crippen molar-refractivity contribution in [2.45, 2.75) is 26.8 Å². The van der Waals surface area contributed by atoms with Gasteiger partial charge in [0.05, 0.1) is 36.0 Å². The van der Waals surface area contributed by atoms with Crippen LogP contribution in [0.2, 0.25) is 0 Å². The number of aryl methyl sites for hydroxylation is 2. The Balaban J connectivity index is 2.16. The summed E-state index contributed by atoms with van der Waals surface area (Å²) in [6.07, 6.45) is 0. The van der Waals surface area contributed by atoms with Crippen LogP contribution in [0.3, 0.4) is 0 Å². The predicted molar refractivity (Wildman–Crippen MR) is 113 cm³/mol. The third-order valence-electron chi connectivity index (χ3n) is 4.87. The van der Waals surface area contributed by atoms with Gasteiger partial charge in [0.25, 0.3) is 0 Å². The third kappa shape index (κ3) is 3.49. The molecular formula is C22H21N3O2S. The standard InChI is InChI=1S/C22H21N3O2S/c1-13-5-6-14(2)18(11-13)25-15(3)19(21(26)27-4)20(24-22(25)28)17-9-7-16(12-23)8-10-17/h5-11,20H,1-4H3,(H,24,28)/t20-/m0/s1. The summed E-state index contributed by atoms with van der Waals surface area (Å²) in [6.45, 7) is 5.90. The van der Waals surface area contributed by atoms with Crippen molar-refractivity contribution >= 4 is 29.0 Å². The van der Waals surface area contributed by atoms with Gasteiger partial charge in [0, 0.05) is 5.70 Å². The highest BCUT2D eigenvalue weighted by molar-refractivity contribution is 7.80. The number of ether oxygens (including phenoxy) is 1. The molecule has 0 saturated carbocycles. The van der Waals surface area contributed by atoms with Crippen LogP contribution >= 0.6 is 12.2 Å². The summed E-state index contributed by atoms with van der Waals surface area (Å²) in [6, 6.07) is 14.9.